The van der Waals surface area contributed by atoms with E-state index >= 15 is 0 Å². The van der Waals surface area contributed by atoms with Crippen LogP contribution >= 0.6 is 22.6 Å². The number of piperidine rings is 1. The summed E-state index contributed by atoms with van der Waals surface area (Å²) in [4.78, 5) is 29.3. The summed E-state index contributed by atoms with van der Waals surface area (Å²) in [5.74, 6) is 0.334. The molecule has 3 rings (SSSR count). The first-order valence-corrected chi connectivity index (χ1v) is 10.2. The summed E-state index contributed by atoms with van der Waals surface area (Å²) in [7, 11) is 0. The molecule has 2 atom stereocenters. The quantitative estimate of drug-likeness (QED) is 0.504. The van der Waals surface area contributed by atoms with Crippen LogP contribution in [0.1, 0.15) is 27.2 Å². The number of benzene rings is 1. The van der Waals surface area contributed by atoms with Gasteiger partial charge in [-0.25, -0.2) is 4.79 Å². The average molecular weight is 456 g/mol. The van der Waals surface area contributed by atoms with Crippen LogP contribution in [0, 0.1) is 11.3 Å². The molecule has 1 aromatic rings. The van der Waals surface area contributed by atoms with E-state index in [1.807, 2.05) is 56.0 Å². The van der Waals surface area contributed by atoms with Gasteiger partial charge in [-0.05, 0) is 39.3 Å². The van der Waals surface area contributed by atoms with E-state index in [9.17, 15) is 9.59 Å². The highest BCUT2D eigenvalue weighted by Gasteiger charge is 2.56. The van der Waals surface area contributed by atoms with Gasteiger partial charge in [0.2, 0.25) is 5.91 Å². The number of hydrogen-bond acceptors (Lipinski definition) is 3. The van der Waals surface area contributed by atoms with E-state index < -0.39 is 5.60 Å². The minimum Gasteiger partial charge on any atom is -0.444 e. The van der Waals surface area contributed by atoms with Gasteiger partial charge in [-0.1, -0.05) is 40.8 Å². The van der Waals surface area contributed by atoms with E-state index in [1.165, 1.54) is 0 Å². The zero-order chi connectivity index (χ0) is 18.2. The highest BCUT2D eigenvalue weighted by atomic mass is 127. The van der Waals surface area contributed by atoms with Crippen molar-refractivity contribution < 1.29 is 14.3 Å². The normalized spacial score (nSPS) is 26.6. The molecule has 25 heavy (non-hydrogen) atoms. The molecule has 2 aliphatic heterocycles. The molecular formula is C19H25IN2O3. The van der Waals surface area contributed by atoms with Gasteiger partial charge >= 0.3 is 6.09 Å². The number of alkyl halides is 1. The number of halogens is 1. The number of fused-ring (bicyclic) bond motifs is 1. The van der Waals surface area contributed by atoms with E-state index in [-0.39, 0.29) is 23.3 Å². The van der Waals surface area contributed by atoms with Crippen molar-refractivity contribution in [1.29, 1.82) is 0 Å². The van der Waals surface area contributed by atoms with Crippen molar-refractivity contribution in [3.05, 3.63) is 30.3 Å². The number of ether oxygens (including phenoxy) is 1. The van der Waals surface area contributed by atoms with Crippen molar-refractivity contribution in [1.82, 2.24) is 4.90 Å². The Morgan fingerprint density at radius 3 is 2.56 bits per heavy atom. The van der Waals surface area contributed by atoms with Gasteiger partial charge < -0.3 is 14.5 Å². The number of para-hydroxylation sites is 1. The third-order valence-electron chi connectivity index (χ3n) is 5.08. The Bertz CT molecular complexity index is 658. The number of carbonyl (C=O) groups is 2. The van der Waals surface area contributed by atoms with Crippen molar-refractivity contribution >= 4 is 40.3 Å². The fourth-order valence-corrected chi connectivity index (χ4v) is 5.04. The molecule has 0 aliphatic carbocycles. The third-order valence-corrected chi connectivity index (χ3v) is 6.44. The molecular weight excluding hydrogens is 431 g/mol. The first kappa shape index (κ1) is 18.5. The molecule has 1 aromatic carbocycles. The average Bonchev–Trinajstić information content (AvgIpc) is 2.87. The summed E-state index contributed by atoms with van der Waals surface area (Å²) in [6, 6.07) is 9.81. The molecule has 0 saturated carbocycles. The predicted molar refractivity (Wildman–Crippen MR) is 106 cm³/mol. The lowest BCUT2D eigenvalue weighted by molar-refractivity contribution is -0.127. The zero-order valence-corrected chi connectivity index (χ0v) is 17.2. The zero-order valence-electron chi connectivity index (χ0n) is 15.0. The predicted octanol–water partition coefficient (Wildman–Crippen LogP) is 3.71. The molecule has 0 spiro atoms. The van der Waals surface area contributed by atoms with E-state index in [1.54, 1.807) is 4.90 Å². The van der Waals surface area contributed by atoms with Crippen molar-refractivity contribution in [2.24, 2.45) is 11.3 Å². The van der Waals surface area contributed by atoms with Crippen molar-refractivity contribution in [2.75, 3.05) is 29.0 Å². The minimum atomic E-state index is -0.504. The van der Waals surface area contributed by atoms with Gasteiger partial charge in [0.1, 0.15) is 5.60 Å². The maximum absolute atomic E-state index is 13.2. The van der Waals surface area contributed by atoms with Gasteiger partial charge in [0.15, 0.2) is 0 Å². The van der Waals surface area contributed by atoms with Crippen LogP contribution in [0.2, 0.25) is 0 Å². The standard InChI is InChI=1S/C19H25IN2O3/c1-18(2,3)25-17(24)21-10-9-19(13-20)14(11-21)12-22(16(19)23)15-7-5-4-6-8-15/h4-8,14H,9-13H2,1-3H3/t14-,19+/m1/s1. The summed E-state index contributed by atoms with van der Waals surface area (Å²) in [6.07, 6.45) is 0.419. The van der Waals surface area contributed by atoms with Gasteiger partial charge in [-0.3, -0.25) is 4.79 Å². The van der Waals surface area contributed by atoms with Crippen LogP contribution in [0.5, 0.6) is 0 Å². The summed E-state index contributed by atoms with van der Waals surface area (Å²) >= 11 is 2.32. The third kappa shape index (κ3) is 3.50. The Morgan fingerprint density at radius 2 is 1.96 bits per heavy atom. The van der Waals surface area contributed by atoms with E-state index in [4.69, 9.17) is 4.74 Å². The second-order valence-corrected chi connectivity index (χ2v) is 8.68. The van der Waals surface area contributed by atoms with Gasteiger partial charge in [0.05, 0.1) is 5.41 Å². The van der Waals surface area contributed by atoms with Crippen molar-refractivity contribution in [2.45, 2.75) is 32.8 Å². The monoisotopic (exact) mass is 456 g/mol. The van der Waals surface area contributed by atoms with Crippen LogP contribution in [-0.4, -0.2) is 46.6 Å². The molecule has 2 aliphatic rings. The molecule has 136 valence electrons. The van der Waals surface area contributed by atoms with Gasteiger partial charge in [-0.2, -0.15) is 0 Å². The van der Waals surface area contributed by atoms with Crippen LogP contribution < -0.4 is 4.90 Å². The number of rotatable bonds is 2. The van der Waals surface area contributed by atoms with Crippen LogP contribution in [0.15, 0.2) is 30.3 Å². The Labute approximate surface area is 162 Å². The number of hydrogen-bond donors (Lipinski definition) is 0. The molecule has 0 radical (unpaired) electrons. The van der Waals surface area contributed by atoms with Crippen LogP contribution in [-0.2, 0) is 9.53 Å². The Hall–Kier alpha value is -1.31. The largest absolute Gasteiger partial charge is 0.444 e. The smallest absolute Gasteiger partial charge is 0.410 e. The van der Waals surface area contributed by atoms with Gasteiger partial charge in [0.25, 0.3) is 0 Å². The highest BCUT2D eigenvalue weighted by molar-refractivity contribution is 14.1. The number of carbonyl (C=O) groups excluding carboxylic acids is 2. The first-order valence-electron chi connectivity index (χ1n) is 8.68. The maximum Gasteiger partial charge on any atom is 0.410 e. The van der Waals surface area contributed by atoms with E-state index in [0.717, 1.165) is 10.1 Å². The highest BCUT2D eigenvalue weighted by Crippen LogP contribution is 2.46. The van der Waals surface area contributed by atoms with Gasteiger partial charge in [0, 0.05) is 35.7 Å². The molecule has 0 bridgehead atoms. The fraction of sp³-hybridized carbons (Fsp3) is 0.579. The lowest BCUT2D eigenvalue weighted by atomic mass is 9.74. The summed E-state index contributed by atoms with van der Waals surface area (Å²) in [5.41, 5.74) is 0.0701. The SMILES string of the molecule is CC(C)(C)OC(=O)N1CC[C@@]2(CI)C(=O)N(c3ccccc3)C[C@H]2C1. The van der Waals surface area contributed by atoms with Crippen molar-refractivity contribution in [3.63, 3.8) is 0 Å². The molecule has 0 N–H and O–H groups in total. The van der Waals surface area contributed by atoms with Gasteiger partial charge in [-0.15, -0.1) is 0 Å². The minimum absolute atomic E-state index is 0.137. The maximum atomic E-state index is 13.2. The number of likely N-dealkylation sites (tertiary alicyclic amines) is 1. The Morgan fingerprint density at radius 1 is 1.28 bits per heavy atom. The molecule has 5 nitrogen and oxygen atoms in total. The fourth-order valence-electron chi connectivity index (χ4n) is 3.71. The number of anilines is 1. The second-order valence-electron chi connectivity index (χ2n) is 7.91. The van der Waals surface area contributed by atoms with Crippen molar-refractivity contribution in [3.8, 4) is 0 Å². The Balaban J connectivity index is 1.80. The van der Waals surface area contributed by atoms with Crippen LogP contribution in [0.25, 0.3) is 0 Å². The second kappa shape index (κ2) is 6.78. The Kier molecular flexibility index (Phi) is 5.01. The molecule has 0 aromatic heterocycles. The molecule has 0 unspecified atom stereocenters. The van der Waals surface area contributed by atoms with Crippen LogP contribution in [0.3, 0.4) is 0 Å². The number of amides is 2. The summed E-state index contributed by atoms with van der Waals surface area (Å²) in [5, 5.41) is 0. The molecule has 2 heterocycles. The van der Waals surface area contributed by atoms with E-state index in [2.05, 4.69) is 22.6 Å². The lowest BCUT2D eigenvalue weighted by Gasteiger charge is -2.41. The molecule has 2 saturated heterocycles. The molecule has 2 amide bonds. The summed E-state index contributed by atoms with van der Waals surface area (Å²) < 4.78 is 6.29. The first-order chi connectivity index (χ1) is 11.8. The topological polar surface area (TPSA) is 49.9 Å². The molecule has 2 fully saturated rings. The number of nitrogens with zero attached hydrogens (tertiary/aromatic N) is 2. The van der Waals surface area contributed by atoms with E-state index in [0.29, 0.717) is 26.1 Å². The lowest BCUT2D eigenvalue weighted by Crippen LogP contribution is -2.52. The molecule has 6 heteroatoms. The van der Waals surface area contributed by atoms with Crippen LogP contribution in [0.4, 0.5) is 10.5 Å². The summed E-state index contributed by atoms with van der Waals surface area (Å²) in [6.45, 7) is 7.43.